The predicted octanol–water partition coefficient (Wildman–Crippen LogP) is 3.56. The van der Waals surface area contributed by atoms with Crippen molar-refractivity contribution in [1.29, 1.82) is 0 Å². The van der Waals surface area contributed by atoms with Crippen LogP contribution in [0.25, 0.3) is 6.08 Å². The van der Waals surface area contributed by atoms with Gasteiger partial charge in [0.25, 0.3) is 0 Å². The summed E-state index contributed by atoms with van der Waals surface area (Å²) in [6, 6.07) is 14.5. The van der Waals surface area contributed by atoms with E-state index < -0.39 is 0 Å². The maximum atomic E-state index is 12.0. The molecule has 2 aromatic carbocycles. The molecule has 0 aliphatic carbocycles. The van der Waals surface area contributed by atoms with Crippen LogP contribution in [0.15, 0.2) is 54.6 Å². The summed E-state index contributed by atoms with van der Waals surface area (Å²) >= 11 is 0. The fraction of sp³-hybridized carbons (Fsp3) is 0.118. The second-order valence-electron chi connectivity index (χ2n) is 4.29. The van der Waals surface area contributed by atoms with Crippen molar-refractivity contribution in [3.8, 4) is 5.75 Å². The van der Waals surface area contributed by atoms with Crippen LogP contribution in [0.3, 0.4) is 0 Å². The SMILES string of the molecule is CCOc1ccccc1C=CC(=O)c1ccc(N)cc1. The van der Waals surface area contributed by atoms with Crippen LogP contribution in [0.4, 0.5) is 5.69 Å². The number of anilines is 1. The molecule has 0 heterocycles. The molecule has 0 spiro atoms. The third-order valence-corrected chi connectivity index (χ3v) is 2.83. The summed E-state index contributed by atoms with van der Waals surface area (Å²) in [5.41, 5.74) is 7.75. The van der Waals surface area contributed by atoms with Gasteiger partial charge in [0.05, 0.1) is 6.61 Å². The standard InChI is InChI=1S/C17H17NO2/c1-2-20-17-6-4-3-5-14(17)9-12-16(19)13-7-10-15(18)11-8-13/h3-12H,2,18H2,1H3. The average Bonchev–Trinajstić information content (AvgIpc) is 2.47. The topological polar surface area (TPSA) is 52.3 Å². The Morgan fingerprint density at radius 1 is 1.15 bits per heavy atom. The van der Waals surface area contributed by atoms with Crippen LogP contribution in [0, 0.1) is 0 Å². The first-order valence-electron chi connectivity index (χ1n) is 6.50. The van der Waals surface area contributed by atoms with Crippen molar-refractivity contribution >= 4 is 17.5 Å². The molecule has 3 nitrogen and oxygen atoms in total. The third kappa shape index (κ3) is 3.48. The smallest absolute Gasteiger partial charge is 0.185 e. The maximum absolute atomic E-state index is 12.0. The minimum absolute atomic E-state index is 0.0590. The molecule has 2 aromatic rings. The number of hydrogen-bond donors (Lipinski definition) is 1. The predicted molar refractivity (Wildman–Crippen MR) is 81.8 cm³/mol. The van der Waals surface area contributed by atoms with Crippen LogP contribution in [0.1, 0.15) is 22.8 Å². The molecule has 3 heteroatoms. The number of hydrogen-bond acceptors (Lipinski definition) is 3. The lowest BCUT2D eigenvalue weighted by molar-refractivity contribution is 0.104. The van der Waals surface area contributed by atoms with Crippen molar-refractivity contribution in [3.05, 3.63) is 65.7 Å². The van der Waals surface area contributed by atoms with Gasteiger partial charge < -0.3 is 10.5 Å². The van der Waals surface area contributed by atoms with Gasteiger partial charge in [-0.1, -0.05) is 18.2 Å². The van der Waals surface area contributed by atoms with E-state index in [-0.39, 0.29) is 5.78 Å². The van der Waals surface area contributed by atoms with Gasteiger partial charge in [-0.2, -0.15) is 0 Å². The number of rotatable bonds is 5. The molecule has 0 atom stereocenters. The van der Waals surface area contributed by atoms with E-state index in [1.165, 1.54) is 0 Å². The fourth-order valence-corrected chi connectivity index (χ4v) is 1.81. The zero-order chi connectivity index (χ0) is 14.4. The van der Waals surface area contributed by atoms with E-state index in [1.54, 1.807) is 36.4 Å². The summed E-state index contributed by atoms with van der Waals surface area (Å²) in [5.74, 6) is 0.715. The van der Waals surface area contributed by atoms with E-state index in [9.17, 15) is 4.79 Å². The molecule has 2 rings (SSSR count). The molecule has 0 aliphatic heterocycles. The van der Waals surface area contributed by atoms with Crippen LogP contribution in [-0.2, 0) is 0 Å². The van der Waals surface area contributed by atoms with E-state index in [4.69, 9.17) is 10.5 Å². The van der Waals surface area contributed by atoms with Gasteiger partial charge >= 0.3 is 0 Å². The summed E-state index contributed by atoms with van der Waals surface area (Å²) < 4.78 is 5.51. The summed E-state index contributed by atoms with van der Waals surface area (Å²) in [7, 11) is 0. The number of nitrogens with two attached hydrogens (primary N) is 1. The van der Waals surface area contributed by atoms with Crippen molar-refractivity contribution in [1.82, 2.24) is 0 Å². The Bertz CT molecular complexity index is 615. The molecule has 0 radical (unpaired) electrons. The van der Waals surface area contributed by atoms with Gasteiger partial charge in [-0.15, -0.1) is 0 Å². The normalized spacial score (nSPS) is 10.7. The second kappa shape index (κ2) is 6.57. The van der Waals surface area contributed by atoms with Gasteiger partial charge in [0.2, 0.25) is 0 Å². The second-order valence-corrected chi connectivity index (χ2v) is 4.29. The summed E-state index contributed by atoms with van der Waals surface area (Å²) in [4.78, 5) is 12.0. The minimum Gasteiger partial charge on any atom is -0.493 e. The first-order chi connectivity index (χ1) is 9.70. The Balaban J connectivity index is 2.17. The fourth-order valence-electron chi connectivity index (χ4n) is 1.81. The monoisotopic (exact) mass is 267 g/mol. The zero-order valence-electron chi connectivity index (χ0n) is 11.4. The van der Waals surface area contributed by atoms with Gasteiger partial charge in [0.1, 0.15) is 5.75 Å². The Hall–Kier alpha value is -2.55. The zero-order valence-corrected chi connectivity index (χ0v) is 11.4. The molecule has 0 saturated heterocycles. The van der Waals surface area contributed by atoms with Crippen molar-refractivity contribution in [3.63, 3.8) is 0 Å². The first kappa shape index (κ1) is 13.9. The van der Waals surface area contributed by atoms with E-state index in [0.717, 1.165) is 11.3 Å². The third-order valence-electron chi connectivity index (χ3n) is 2.83. The molecule has 20 heavy (non-hydrogen) atoms. The van der Waals surface area contributed by atoms with Crippen molar-refractivity contribution in [2.75, 3.05) is 12.3 Å². The maximum Gasteiger partial charge on any atom is 0.185 e. The van der Waals surface area contributed by atoms with Crippen LogP contribution in [0.5, 0.6) is 5.75 Å². The molecule has 0 aliphatic rings. The van der Waals surface area contributed by atoms with Gasteiger partial charge in [-0.3, -0.25) is 4.79 Å². The number of para-hydroxylation sites is 1. The lowest BCUT2D eigenvalue weighted by Crippen LogP contribution is -1.96. The number of ether oxygens (including phenoxy) is 1. The highest BCUT2D eigenvalue weighted by atomic mass is 16.5. The first-order valence-corrected chi connectivity index (χ1v) is 6.50. The summed E-state index contributed by atoms with van der Waals surface area (Å²) in [6.07, 6.45) is 3.31. The average molecular weight is 267 g/mol. The van der Waals surface area contributed by atoms with E-state index in [0.29, 0.717) is 17.9 Å². The van der Waals surface area contributed by atoms with E-state index >= 15 is 0 Å². The van der Waals surface area contributed by atoms with Gasteiger partial charge in [-0.05, 0) is 49.4 Å². The Kier molecular flexibility index (Phi) is 4.56. The number of nitrogen functional groups attached to an aromatic ring is 1. The van der Waals surface area contributed by atoms with Crippen LogP contribution in [-0.4, -0.2) is 12.4 Å². The largest absolute Gasteiger partial charge is 0.493 e. The molecular weight excluding hydrogens is 250 g/mol. The van der Waals surface area contributed by atoms with E-state index in [2.05, 4.69) is 0 Å². The van der Waals surface area contributed by atoms with Gasteiger partial charge in [0.15, 0.2) is 5.78 Å². The van der Waals surface area contributed by atoms with Gasteiger partial charge in [0, 0.05) is 16.8 Å². The van der Waals surface area contributed by atoms with Crippen LogP contribution < -0.4 is 10.5 Å². The lowest BCUT2D eigenvalue weighted by Gasteiger charge is -2.06. The molecule has 0 fully saturated rings. The number of benzene rings is 2. The van der Waals surface area contributed by atoms with E-state index in [1.807, 2.05) is 31.2 Å². The van der Waals surface area contributed by atoms with Gasteiger partial charge in [-0.25, -0.2) is 0 Å². The Morgan fingerprint density at radius 2 is 1.85 bits per heavy atom. The summed E-state index contributed by atoms with van der Waals surface area (Å²) in [6.45, 7) is 2.52. The molecule has 102 valence electrons. The highest BCUT2D eigenvalue weighted by molar-refractivity contribution is 6.07. The highest BCUT2D eigenvalue weighted by Crippen LogP contribution is 2.19. The molecule has 0 amide bonds. The molecule has 0 aromatic heterocycles. The number of ketones is 1. The quantitative estimate of drug-likeness (QED) is 0.512. The van der Waals surface area contributed by atoms with Crippen LogP contribution >= 0.6 is 0 Å². The molecule has 0 saturated carbocycles. The van der Waals surface area contributed by atoms with Crippen molar-refractivity contribution < 1.29 is 9.53 Å². The van der Waals surface area contributed by atoms with Crippen molar-refractivity contribution in [2.24, 2.45) is 0 Å². The minimum atomic E-state index is -0.0590. The number of carbonyl (C=O) groups excluding carboxylic acids is 1. The lowest BCUT2D eigenvalue weighted by atomic mass is 10.1. The number of carbonyl (C=O) groups is 1. The summed E-state index contributed by atoms with van der Waals surface area (Å²) in [5, 5.41) is 0. The van der Waals surface area contributed by atoms with Crippen LogP contribution in [0.2, 0.25) is 0 Å². The van der Waals surface area contributed by atoms with Crippen molar-refractivity contribution in [2.45, 2.75) is 6.92 Å². The molecular formula is C17H17NO2. The molecule has 0 bridgehead atoms. The molecule has 2 N–H and O–H groups in total. The number of allylic oxidation sites excluding steroid dienone is 1. The Labute approximate surface area is 118 Å². The molecule has 0 unspecified atom stereocenters. The Morgan fingerprint density at radius 3 is 2.55 bits per heavy atom. The highest BCUT2D eigenvalue weighted by Gasteiger charge is 2.02.